The quantitative estimate of drug-likeness (QED) is 0.440. The highest BCUT2D eigenvalue weighted by molar-refractivity contribution is 5.76. The maximum Gasteiger partial charge on any atom is 0.279 e. The van der Waals surface area contributed by atoms with Gasteiger partial charge in [-0.05, 0) is 13.3 Å². The van der Waals surface area contributed by atoms with E-state index in [-0.39, 0.29) is 17.9 Å². The van der Waals surface area contributed by atoms with Crippen molar-refractivity contribution in [3.63, 3.8) is 0 Å². The fraction of sp³-hybridized carbons (Fsp3) is 0.333. The van der Waals surface area contributed by atoms with E-state index in [0.717, 1.165) is 11.3 Å². The van der Waals surface area contributed by atoms with Crippen molar-refractivity contribution >= 4 is 11.7 Å². The van der Waals surface area contributed by atoms with Crippen LogP contribution in [0.4, 0.5) is 0 Å². The van der Waals surface area contributed by atoms with Crippen LogP contribution in [-0.4, -0.2) is 45.3 Å². The lowest BCUT2D eigenvalue weighted by atomic mass is 10.1. The molecule has 0 fully saturated rings. The van der Waals surface area contributed by atoms with E-state index < -0.39 is 0 Å². The van der Waals surface area contributed by atoms with Crippen molar-refractivity contribution in [2.75, 3.05) is 20.3 Å². The molecule has 1 N–H and O–H groups in total. The van der Waals surface area contributed by atoms with E-state index in [0.29, 0.717) is 43.3 Å². The van der Waals surface area contributed by atoms with Gasteiger partial charge in [0.2, 0.25) is 11.7 Å². The van der Waals surface area contributed by atoms with Gasteiger partial charge in [-0.1, -0.05) is 36.4 Å². The first-order chi connectivity index (χ1) is 14.1. The number of ether oxygens (including phenoxy) is 1. The molecule has 8 heteroatoms. The summed E-state index contributed by atoms with van der Waals surface area (Å²) in [6.07, 6.45) is 2.27. The van der Waals surface area contributed by atoms with E-state index in [1.54, 1.807) is 13.2 Å². The fourth-order valence-corrected chi connectivity index (χ4v) is 3.17. The standard InChI is InChI=1S/C21H25N5O3/c1-4-13-25-15(2)17(10-11-18(27)22-12-14-29-3)20(28)26-21(25)23-19(24-26)16-8-6-5-7-9-16/h4-9H,1,10-14H2,2-3H3,(H,22,27). The van der Waals surface area contributed by atoms with E-state index in [2.05, 4.69) is 22.0 Å². The molecule has 29 heavy (non-hydrogen) atoms. The molecule has 2 heterocycles. The summed E-state index contributed by atoms with van der Waals surface area (Å²) in [5.74, 6) is 0.814. The third-order valence-electron chi connectivity index (χ3n) is 4.70. The Kier molecular flexibility index (Phi) is 6.56. The number of hydrogen-bond acceptors (Lipinski definition) is 5. The average Bonchev–Trinajstić information content (AvgIpc) is 3.17. The molecule has 1 amide bonds. The summed E-state index contributed by atoms with van der Waals surface area (Å²) in [6.45, 7) is 7.04. The van der Waals surface area contributed by atoms with E-state index in [1.807, 2.05) is 41.8 Å². The topological polar surface area (TPSA) is 90.5 Å². The number of rotatable bonds is 9. The molecule has 3 aromatic rings. The number of nitrogens with one attached hydrogen (secondary N) is 1. The molecule has 0 aliphatic heterocycles. The maximum atomic E-state index is 13.1. The molecule has 0 saturated heterocycles. The average molecular weight is 395 g/mol. The second kappa shape index (κ2) is 9.29. The normalized spacial score (nSPS) is 11.0. The molecular weight excluding hydrogens is 370 g/mol. The van der Waals surface area contributed by atoms with Gasteiger partial charge in [-0.2, -0.15) is 9.50 Å². The van der Waals surface area contributed by atoms with Crippen LogP contribution >= 0.6 is 0 Å². The third-order valence-corrected chi connectivity index (χ3v) is 4.70. The molecule has 8 nitrogen and oxygen atoms in total. The van der Waals surface area contributed by atoms with Crippen molar-refractivity contribution in [3.8, 4) is 11.4 Å². The smallest absolute Gasteiger partial charge is 0.279 e. The van der Waals surface area contributed by atoms with Gasteiger partial charge in [0.05, 0.1) is 6.61 Å². The van der Waals surface area contributed by atoms with Crippen LogP contribution in [0.25, 0.3) is 17.2 Å². The second-order valence-corrected chi connectivity index (χ2v) is 6.62. The minimum absolute atomic E-state index is 0.125. The first-order valence-electron chi connectivity index (χ1n) is 9.47. The lowest BCUT2D eigenvalue weighted by molar-refractivity contribution is -0.121. The SMILES string of the molecule is C=CCn1c(C)c(CCC(=O)NCCOC)c(=O)n2nc(-c3ccccc3)nc12. The molecule has 0 unspecified atom stereocenters. The van der Waals surface area contributed by atoms with Crippen LogP contribution in [0.3, 0.4) is 0 Å². The molecule has 0 spiro atoms. The molecule has 2 aromatic heterocycles. The van der Waals surface area contributed by atoms with Crippen LogP contribution in [0.2, 0.25) is 0 Å². The summed E-state index contributed by atoms with van der Waals surface area (Å²) in [6, 6.07) is 9.51. The summed E-state index contributed by atoms with van der Waals surface area (Å²) in [5.41, 5.74) is 1.89. The molecule has 3 rings (SSSR count). The molecule has 1 aromatic carbocycles. The molecule has 0 saturated carbocycles. The number of hydrogen-bond donors (Lipinski definition) is 1. The van der Waals surface area contributed by atoms with Crippen molar-refractivity contribution in [2.24, 2.45) is 0 Å². The van der Waals surface area contributed by atoms with Crippen LogP contribution in [0.15, 0.2) is 47.8 Å². The largest absolute Gasteiger partial charge is 0.383 e. The molecule has 152 valence electrons. The number of aromatic nitrogens is 4. The second-order valence-electron chi connectivity index (χ2n) is 6.62. The summed E-state index contributed by atoms with van der Waals surface area (Å²) >= 11 is 0. The highest BCUT2D eigenvalue weighted by Crippen LogP contribution is 2.17. The number of benzene rings is 1. The van der Waals surface area contributed by atoms with Crippen molar-refractivity contribution in [1.82, 2.24) is 24.5 Å². The Morgan fingerprint density at radius 2 is 2.07 bits per heavy atom. The lowest BCUT2D eigenvalue weighted by Crippen LogP contribution is -2.30. The van der Waals surface area contributed by atoms with Crippen LogP contribution in [0, 0.1) is 6.92 Å². The molecule has 0 aliphatic carbocycles. The van der Waals surface area contributed by atoms with Gasteiger partial charge in [0.25, 0.3) is 5.56 Å². The number of nitrogens with zero attached hydrogens (tertiary/aromatic N) is 4. The van der Waals surface area contributed by atoms with E-state index in [1.165, 1.54) is 4.52 Å². The van der Waals surface area contributed by atoms with Crippen molar-refractivity contribution < 1.29 is 9.53 Å². The molecule has 0 radical (unpaired) electrons. The highest BCUT2D eigenvalue weighted by atomic mass is 16.5. The Morgan fingerprint density at radius 3 is 2.76 bits per heavy atom. The van der Waals surface area contributed by atoms with Crippen molar-refractivity contribution in [1.29, 1.82) is 0 Å². The number of carbonyl (C=O) groups is 1. The fourth-order valence-electron chi connectivity index (χ4n) is 3.17. The van der Waals surface area contributed by atoms with Gasteiger partial charge in [-0.25, -0.2) is 0 Å². The van der Waals surface area contributed by atoms with E-state index >= 15 is 0 Å². The number of allylic oxidation sites excluding steroid dienone is 1. The Labute approximate surface area is 168 Å². The minimum atomic E-state index is -0.253. The maximum absolute atomic E-state index is 13.1. The van der Waals surface area contributed by atoms with Crippen molar-refractivity contribution in [2.45, 2.75) is 26.3 Å². The number of amides is 1. The van der Waals surface area contributed by atoms with Gasteiger partial charge in [-0.15, -0.1) is 11.7 Å². The Hall–Kier alpha value is -3.26. The van der Waals surface area contributed by atoms with Gasteiger partial charge >= 0.3 is 0 Å². The molecule has 0 atom stereocenters. The summed E-state index contributed by atoms with van der Waals surface area (Å²) in [5, 5.41) is 7.21. The highest BCUT2D eigenvalue weighted by Gasteiger charge is 2.18. The Morgan fingerprint density at radius 1 is 1.31 bits per heavy atom. The van der Waals surface area contributed by atoms with Gasteiger partial charge in [0, 0.05) is 43.4 Å². The van der Waals surface area contributed by atoms with Gasteiger partial charge in [-0.3, -0.25) is 9.59 Å². The predicted molar refractivity (Wildman–Crippen MR) is 111 cm³/mol. The molecule has 0 aliphatic rings. The number of methoxy groups -OCH3 is 1. The number of fused-ring (bicyclic) bond motifs is 1. The first kappa shape index (κ1) is 20.5. The summed E-state index contributed by atoms with van der Waals surface area (Å²) in [7, 11) is 1.58. The summed E-state index contributed by atoms with van der Waals surface area (Å²) in [4.78, 5) is 29.7. The van der Waals surface area contributed by atoms with E-state index in [4.69, 9.17) is 4.74 Å². The van der Waals surface area contributed by atoms with Crippen LogP contribution in [0.1, 0.15) is 17.7 Å². The van der Waals surface area contributed by atoms with Crippen LogP contribution in [-0.2, 0) is 22.5 Å². The van der Waals surface area contributed by atoms with E-state index in [9.17, 15) is 9.59 Å². The van der Waals surface area contributed by atoms with Gasteiger partial charge in [0.15, 0.2) is 5.82 Å². The first-order valence-corrected chi connectivity index (χ1v) is 9.47. The monoisotopic (exact) mass is 395 g/mol. The Balaban J connectivity index is 1.99. The van der Waals surface area contributed by atoms with Crippen LogP contribution < -0.4 is 10.9 Å². The molecular formula is C21H25N5O3. The van der Waals surface area contributed by atoms with Crippen molar-refractivity contribution in [3.05, 3.63) is 64.6 Å². The lowest BCUT2D eigenvalue weighted by Gasteiger charge is -2.14. The van der Waals surface area contributed by atoms with Gasteiger partial charge < -0.3 is 14.6 Å². The van der Waals surface area contributed by atoms with Gasteiger partial charge in [0.1, 0.15) is 0 Å². The summed E-state index contributed by atoms with van der Waals surface area (Å²) < 4.78 is 8.14. The van der Waals surface area contributed by atoms with Crippen LogP contribution in [0.5, 0.6) is 0 Å². The zero-order chi connectivity index (χ0) is 20.8. The minimum Gasteiger partial charge on any atom is -0.383 e. The Bertz CT molecular complexity index is 1070. The third kappa shape index (κ3) is 4.43. The zero-order valence-corrected chi connectivity index (χ0v) is 16.7. The number of carbonyl (C=O) groups excluding carboxylic acids is 1. The zero-order valence-electron chi connectivity index (χ0n) is 16.7. The predicted octanol–water partition coefficient (Wildman–Crippen LogP) is 1.75. The molecule has 0 bridgehead atoms.